The lowest BCUT2D eigenvalue weighted by molar-refractivity contribution is -0.122. The van der Waals surface area contributed by atoms with Gasteiger partial charge in [0.2, 0.25) is 5.91 Å². The highest BCUT2D eigenvalue weighted by molar-refractivity contribution is 7.90. The van der Waals surface area contributed by atoms with E-state index in [-0.39, 0.29) is 29.2 Å². The van der Waals surface area contributed by atoms with Crippen molar-refractivity contribution in [1.29, 1.82) is 0 Å². The van der Waals surface area contributed by atoms with Gasteiger partial charge in [-0.15, -0.1) is 4.40 Å². The molecular formula is C20H20N6O3S. The van der Waals surface area contributed by atoms with Gasteiger partial charge in [0.05, 0.1) is 19.1 Å². The molecule has 1 aromatic heterocycles. The highest BCUT2D eigenvalue weighted by Gasteiger charge is 2.31. The Balaban J connectivity index is 1.50. The molecule has 1 aliphatic heterocycles. The Morgan fingerprint density at radius 2 is 1.87 bits per heavy atom. The number of hydrogen-bond donors (Lipinski definition) is 1. The van der Waals surface area contributed by atoms with Crippen molar-refractivity contribution in [2.45, 2.75) is 17.5 Å². The molecule has 1 unspecified atom stereocenters. The first-order valence-corrected chi connectivity index (χ1v) is 10.7. The third-order valence-electron chi connectivity index (χ3n) is 4.73. The van der Waals surface area contributed by atoms with Crippen molar-refractivity contribution in [3.8, 4) is 0 Å². The zero-order valence-electron chi connectivity index (χ0n) is 16.2. The van der Waals surface area contributed by atoms with E-state index in [0.29, 0.717) is 12.1 Å². The fraction of sp³-hybridized carbons (Fsp3) is 0.200. The van der Waals surface area contributed by atoms with Crippen molar-refractivity contribution >= 4 is 21.8 Å². The first kappa shape index (κ1) is 19.8. The lowest BCUT2D eigenvalue weighted by Crippen LogP contribution is -2.40. The van der Waals surface area contributed by atoms with Crippen LogP contribution in [-0.4, -0.2) is 53.4 Å². The first-order valence-electron chi connectivity index (χ1n) is 9.26. The second kappa shape index (κ2) is 8.07. The van der Waals surface area contributed by atoms with E-state index in [1.54, 1.807) is 36.3 Å². The number of hydrogen-bond acceptors (Lipinski definition) is 6. The predicted octanol–water partition coefficient (Wildman–Crippen LogP) is 1.22. The molecule has 0 aliphatic carbocycles. The Bertz CT molecular complexity index is 1180. The molecule has 3 aromatic rings. The van der Waals surface area contributed by atoms with E-state index in [1.165, 1.54) is 17.3 Å². The average Bonchev–Trinajstić information content (AvgIpc) is 3.34. The molecule has 1 atom stereocenters. The van der Waals surface area contributed by atoms with Crippen molar-refractivity contribution in [3.05, 3.63) is 78.4 Å². The van der Waals surface area contributed by atoms with Crippen LogP contribution in [0.4, 0.5) is 0 Å². The number of carbonyl (C=O) groups excluding carboxylic acids is 1. The van der Waals surface area contributed by atoms with Crippen LogP contribution in [0.2, 0.25) is 0 Å². The van der Waals surface area contributed by atoms with E-state index >= 15 is 0 Å². The van der Waals surface area contributed by atoms with E-state index in [2.05, 4.69) is 19.8 Å². The molecule has 2 aromatic carbocycles. The number of sulfonamides is 1. The van der Waals surface area contributed by atoms with Crippen LogP contribution < -0.4 is 5.32 Å². The van der Waals surface area contributed by atoms with Crippen LogP contribution in [0.1, 0.15) is 17.2 Å². The zero-order valence-corrected chi connectivity index (χ0v) is 17.0. The quantitative estimate of drug-likeness (QED) is 0.637. The fourth-order valence-corrected chi connectivity index (χ4v) is 4.58. The minimum Gasteiger partial charge on any atom is -0.349 e. The van der Waals surface area contributed by atoms with Gasteiger partial charge in [-0.05, 0) is 17.7 Å². The van der Waals surface area contributed by atoms with Crippen molar-refractivity contribution in [1.82, 2.24) is 25.0 Å². The Kier molecular flexibility index (Phi) is 5.32. The average molecular weight is 424 g/mol. The number of carbonyl (C=O) groups is 1. The van der Waals surface area contributed by atoms with Crippen LogP contribution >= 0.6 is 0 Å². The highest BCUT2D eigenvalue weighted by atomic mass is 32.2. The number of rotatable bonds is 6. The van der Waals surface area contributed by atoms with E-state index in [9.17, 15) is 13.2 Å². The summed E-state index contributed by atoms with van der Waals surface area (Å²) in [5, 5.41) is 7.11. The summed E-state index contributed by atoms with van der Waals surface area (Å²) in [7, 11) is -2.10. The number of nitrogens with one attached hydrogen (secondary N) is 1. The van der Waals surface area contributed by atoms with E-state index < -0.39 is 10.0 Å². The molecule has 154 valence electrons. The molecule has 30 heavy (non-hydrogen) atoms. The van der Waals surface area contributed by atoms with Crippen LogP contribution in [0.3, 0.4) is 0 Å². The summed E-state index contributed by atoms with van der Waals surface area (Å²) in [6.45, 7) is 0.362. The summed E-state index contributed by atoms with van der Waals surface area (Å²) in [6, 6.07) is 15.8. The first-order chi connectivity index (χ1) is 14.4. The standard InChI is InChI=1S/C20H20N6O3S/c1-25(20-16-9-5-6-10-18(16)30(28,29)24-20)12-19(27)23-17(11-26-14-21-13-22-26)15-7-3-2-4-8-15/h2-10,13-14,17H,11-12H2,1H3,(H,23,27). The zero-order chi connectivity index (χ0) is 21.1. The van der Waals surface area contributed by atoms with Gasteiger partial charge in [-0.3, -0.25) is 9.48 Å². The summed E-state index contributed by atoms with van der Waals surface area (Å²) >= 11 is 0. The number of aromatic nitrogens is 3. The van der Waals surface area contributed by atoms with Crippen LogP contribution in [0.25, 0.3) is 0 Å². The molecular weight excluding hydrogens is 404 g/mol. The molecule has 2 heterocycles. The minimum atomic E-state index is -3.74. The normalized spacial score (nSPS) is 15.2. The van der Waals surface area contributed by atoms with Crippen LogP contribution in [0.15, 0.2) is 76.5 Å². The molecule has 0 saturated heterocycles. The number of amidine groups is 1. The van der Waals surface area contributed by atoms with Gasteiger partial charge in [0.1, 0.15) is 17.6 Å². The van der Waals surface area contributed by atoms with Crippen molar-refractivity contribution < 1.29 is 13.2 Å². The SMILES string of the molecule is CN(CC(=O)NC(Cn1cncn1)c1ccccc1)C1=NS(=O)(=O)c2ccccc21. The summed E-state index contributed by atoms with van der Waals surface area (Å²) in [5.41, 5.74) is 1.42. The van der Waals surface area contributed by atoms with Gasteiger partial charge in [0.25, 0.3) is 10.0 Å². The molecule has 4 rings (SSSR count). The van der Waals surface area contributed by atoms with Crippen LogP contribution in [0, 0.1) is 0 Å². The molecule has 1 amide bonds. The maximum atomic E-state index is 12.8. The number of benzene rings is 2. The molecule has 0 bridgehead atoms. The fourth-order valence-electron chi connectivity index (χ4n) is 3.33. The van der Waals surface area contributed by atoms with Crippen molar-refractivity contribution in [2.75, 3.05) is 13.6 Å². The number of nitrogens with zero attached hydrogens (tertiary/aromatic N) is 5. The summed E-state index contributed by atoms with van der Waals surface area (Å²) in [6.07, 6.45) is 3.02. The van der Waals surface area contributed by atoms with Crippen LogP contribution in [-0.2, 0) is 21.4 Å². The smallest absolute Gasteiger partial charge is 0.285 e. The van der Waals surface area contributed by atoms with Crippen molar-refractivity contribution in [2.24, 2.45) is 4.40 Å². The topological polar surface area (TPSA) is 110 Å². The lowest BCUT2D eigenvalue weighted by atomic mass is 10.1. The third kappa shape index (κ3) is 4.08. The summed E-state index contributed by atoms with van der Waals surface area (Å²) in [4.78, 5) is 18.4. The monoisotopic (exact) mass is 424 g/mol. The number of fused-ring (bicyclic) bond motifs is 1. The van der Waals surface area contributed by atoms with Crippen LogP contribution in [0.5, 0.6) is 0 Å². The Morgan fingerprint density at radius 3 is 2.60 bits per heavy atom. The van der Waals surface area contributed by atoms with E-state index in [0.717, 1.165) is 5.56 Å². The van der Waals surface area contributed by atoms with Gasteiger partial charge >= 0.3 is 0 Å². The maximum absolute atomic E-state index is 12.8. The van der Waals surface area contributed by atoms with E-state index in [1.807, 2.05) is 30.3 Å². The Morgan fingerprint density at radius 1 is 1.13 bits per heavy atom. The van der Waals surface area contributed by atoms with Gasteiger partial charge in [0.15, 0.2) is 5.84 Å². The van der Waals surface area contributed by atoms with E-state index in [4.69, 9.17) is 0 Å². The third-order valence-corrected chi connectivity index (χ3v) is 6.05. The van der Waals surface area contributed by atoms with Gasteiger partial charge in [-0.1, -0.05) is 42.5 Å². The molecule has 1 aliphatic rings. The summed E-state index contributed by atoms with van der Waals surface area (Å²) in [5.74, 6) is -0.00997. The summed E-state index contributed by atoms with van der Waals surface area (Å²) < 4.78 is 30.0. The molecule has 9 nitrogen and oxygen atoms in total. The Labute approximate surface area is 174 Å². The van der Waals surface area contributed by atoms with Gasteiger partial charge < -0.3 is 10.2 Å². The number of likely N-dealkylation sites (N-methyl/N-ethyl adjacent to an activating group) is 1. The maximum Gasteiger partial charge on any atom is 0.285 e. The van der Waals surface area contributed by atoms with Gasteiger partial charge in [-0.25, -0.2) is 4.98 Å². The minimum absolute atomic E-state index is 0.0522. The van der Waals surface area contributed by atoms with Crippen molar-refractivity contribution in [3.63, 3.8) is 0 Å². The second-order valence-corrected chi connectivity index (χ2v) is 8.46. The molecule has 1 N–H and O–H groups in total. The predicted molar refractivity (Wildman–Crippen MR) is 110 cm³/mol. The molecule has 0 radical (unpaired) electrons. The second-order valence-electron chi connectivity index (χ2n) is 6.89. The van der Waals surface area contributed by atoms with Gasteiger partial charge in [-0.2, -0.15) is 13.5 Å². The molecule has 10 heteroatoms. The largest absolute Gasteiger partial charge is 0.349 e. The highest BCUT2D eigenvalue weighted by Crippen LogP contribution is 2.26. The van der Waals surface area contributed by atoms with Gasteiger partial charge in [0, 0.05) is 12.6 Å². The lowest BCUT2D eigenvalue weighted by Gasteiger charge is -2.23. The number of amides is 1. The molecule has 0 saturated carbocycles. The molecule has 0 fully saturated rings. The molecule has 0 spiro atoms. The Hall–Kier alpha value is -3.53.